The van der Waals surface area contributed by atoms with Crippen molar-refractivity contribution in [2.75, 3.05) is 17.4 Å². The van der Waals surface area contributed by atoms with Crippen molar-refractivity contribution in [2.45, 2.75) is 43.7 Å². The summed E-state index contributed by atoms with van der Waals surface area (Å²) in [6, 6.07) is 26.2. The first kappa shape index (κ1) is 34.0. The van der Waals surface area contributed by atoms with Gasteiger partial charge in [-0.05, 0) is 60.0 Å². The zero-order chi connectivity index (χ0) is 32.4. The third-order valence-corrected chi connectivity index (χ3v) is 9.46. The fourth-order valence-corrected chi connectivity index (χ4v) is 6.60. The molecular weight excluding hydrogens is 636 g/mol. The van der Waals surface area contributed by atoms with Crippen molar-refractivity contribution in [2.24, 2.45) is 0 Å². The lowest BCUT2D eigenvalue weighted by Crippen LogP contribution is -2.53. The van der Waals surface area contributed by atoms with E-state index in [-0.39, 0.29) is 34.5 Å². The number of halogens is 3. The van der Waals surface area contributed by atoms with Crippen molar-refractivity contribution in [3.05, 3.63) is 130 Å². The molecule has 0 aromatic heterocycles. The van der Waals surface area contributed by atoms with Gasteiger partial charge in [0.2, 0.25) is 11.8 Å². The minimum atomic E-state index is -4.33. The van der Waals surface area contributed by atoms with Crippen LogP contribution in [0.2, 0.25) is 10.0 Å². The van der Waals surface area contributed by atoms with Gasteiger partial charge in [-0.25, -0.2) is 12.8 Å². The summed E-state index contributed by atoms with van der Waals surface area (Å²) in [6.45, 7) is 1.71. The minimum absolute atomic E-state index is 0.00619. The Labute approximate surface area is 273 Å². The van der Waals surface area contributed by atoms with Crippen LogP contribution in [-0.4, -0.2) is 44.3 Å². The molecule has 2 amide bonds. The number of hydrogen-bond donors (Lipinski definition) is 1. The molecule has 1 N–H and O–H groups in total. The summed E-state index contributed by atoms with van der Waals surface area (Å²) >= 11 is 12.3. The van der Waals surface area contributed by atoms with Crippen LogP contribution in [0.3, 0.4) is 0 Å². The molecule has 0 fully saturated rings. The highest BCUT2D eigenvalue weighted by Crippen LogP contribution is 2.28. The van der Waals surface area contributed by atoms with Crippen LogP contribution in [0, 0.1) is 5.82 Å². The first-order chi connectivity index (χ1) is 21.6. The van der Waals surface area contributed by atoms with E-state index in [1.807, 2.05) is 37.3 Å². The molecule has 0 saturated heterocycles. The van der Waals surface area contributed by atoms with Gasteiger partial charge < -0.3 is 10.2 Å². The number of hydrogen-bond acceptors (Lipinski definition) is 4. The second kappa shape index (κ2) is 15.9. The Morgan fingerprint density at radius 2 is 1.53 bits per heavy atom. The molecule has 45 heavy (non-hydrogen) atoms. The predicted octanol–water partition coefficient (Wildman–Crippen LogP) is 6.88. The van der Waals surface area contributed by atoms with Gasteiger partial charge in [0.1, 0.15) is 18.4 Å². The molecule has 4 rings (SSSR count). The normalized spacial score (nSPS) is 11.9. The highest BCUT2D eigenvalue weighted by molar-refractivity contribution is 7.92. The Morgan fingerprint density at radius 1 is 0.867 bits per heavy atom. The van der Waals surface area contributed by atoms with E-state index in [0.29, 0.717) is 17.1 Å². The fourth-order valence-electron chi connectivity index (χ4n) is 4.78. The van der Waals surface area contributed by atoms with Gasteiger partial charge in [0.25, 0.3) is 10.0 Å². The average molecular weight is 671 g/mol. The number of nitrogens with zero attached hydrogens (tertiary/aromatic N) is 2. The minimum Gasteiger partial charge on any atom is -0.354 e. The number of carbonyl (C=O) groups is 2. The Bertz CT molecular complexity index is 1710. The van der Waals surface area contributed by atoms with E-state index < -0.39 is 34.3 Å². The van der Waals surface area contributed by atoms with Crippen LogP contribution < -0.4 is 9.62 Å². The number of amides is 2. The van der Waals surface area contributed by atoms with Gasteiger partial charge in [-0.2, -0.15) is 0 Å². The molecule has 0 aliphatic carbocycles. The molecule has 236 valence electrons. The van der Waals surface area contributed by atoms with Crippen molar-refractivity contribution in [3.63, 3.8) is 0 Å². The number of anilines is 1. The molecule has 1 atom stereocenters. The van der Waals surface area contributed by atoms with E-state index in [1.165, 1.54) is 23.1 Å². The zero-order valence-electron chi connectivity index (χ0n) is 24.7. The number of carbonyl (C=O) groups excluding carboxylic acids is 2. The van der Waals surface area contributed by atoms with E-state index >= 15 is 0 Å². The molecule has 0 radical (unpaired) electrons. The summed E-state index contributed by atoms with van der Waals surface area (Å²) in [4.78, 5) is 29.5. The summed E-state index contributed by atoms with van der Waals surface area (Å²) in [5, 5.41) is 3.08. The lowest BCUT2D eigenvalue weighted by molar-refractivity contribution is -0.140. The van der Waals surface area contributed by atoms with Crippen molar-refractivity contribution >= 4 is 50.7 Å². The lowest BCUT2D eigenvalue weighted by Gasteiger charge is -2.34. The summed E-state index contributed by atoms with van der Waals surface area (Å²) in [7, 11) is -4.33. The van der Waals surface area contributed by atoms with Crippen molar-refractivity contribution in [3.8, 4) is 0 Å². The maximum atomic E-state index is 14.4. The average Bonchev–Trinajstić information content (AvgIpc) is 3.03. The Kier molecular flexibility index (Phi) is 12.0. The topological polar surface area (TPSA) is 86.8 Å². The zero-order valence-corrected chi connectivity index (χ0v) is 27.0. The number of rotatable bonds is 14. The van der Waals surface area contributed by atoms with E-state index in [4.69, 9.17) is 23.2 Å². The van der Waals surface area contributed by atoms with Crippen LogP contribution >= 0.6 is 23.2 Å². The van der Waals surface area contributed by atoms with Gasteiger partial charge in [-0.3, -0.25) is 13.9 Å². The van der Waals surface area contributed by atoms with Crippen molar-refractivity contribution in [1.29, 1.82) is 0 Å². The van der Waals surface area contributed by atoms with E-state index in [0.717, 1.165) is 34.8 Å². The van der Waals surface area contributed by atoms with Gasteiger partial charge in [0.15, 0.2) is 0 Å². The number of sulfonamides is 1. The molecule has 0 unspecified atom stereocenters. The molecule has 0 aliphatic rings. The predicted molar refractivity (Wildman–Crippen MR) is 176 cm³/mol. The molecule has 11 heteroatoms. The van der Waals surface area contributed by atoms with E-state index in [2.05, 4.69) is 5.32 Å². The second-order valence-electron chi connectivity index (χ2n) is 10.4. The first-order valence-corrected chi connectivity index (χ1v) is 16.7. The smallest absolute Gasteiger partial charge is 0.264 e. The molecule has 0 spiro atoms. The van der Waals surface area contributed by atoms with Crippen LogP contribution in [0.1, 0.15) is 30.9 Å². The molecule has 4 aromatic rings. The maximum absolute atomic E-state index is 14.4. The third kappa shape index (κ3) is 9.06. The standard InChI is InChI=1S/C34H34Cl2FN3O4S/c1-2-3-19-38-34(42)32(21-25-11-6-4-7-12-25)39(23-26-13-10-14-27(35)20-26)33(41)24-40(28-17-18-31(37)30(36)22-28)45(43,44)29-15-8-5-9-16-29/h4-18,20,22,32H,2-3,19,21,23-24H2,1H3,(H,38,42)/t32-/m1/s1. The molecule has 7 nitrogen and oxygen atoms in total. The van der Waals surface area contributed by atoms with Gasteiger partial charge >= 0.3 is 0 Å². The highest BCUT2D eigenvalue weighted by Gasteiger charge is 2.34. The number of unbranched alkanes of at least 4 members (excludes halogenated alkanes) is 1. The quantitative estimate of drug-likeness (QED) is 0.148. The summed E-state index contributed by atoms with van der Waals surface area (Å²) in [5.41, 5.74) is 1.46. The largest absolute Gasteiger partial charge is 0.354 e. The molecular formula is C34H34Cl2FN3O4S. The van der Waals surface area contributed by atoms with Crippen LogP contribution in [0.15, 0.2) is 108 Å². The number of nitrogens with one attached hydrogen (secondary N) is 1. The van der Waals surface area contributed by atoms with Crippen LogP contribution in [0.5, 0.6) is 0 Å². The van der Waals surface area contributed by atoms with E-state index in [1.54, 1.807) is 42.5 Å². The fraction of sp³-hybridized carbons (Fsp3) is 0.235. The first-order valence-electron chi connectivity index (χ1n) is 14.5. The molecule has 0 heterocycles. The molecule has 0 aliphatic heterocycles. The SMILES string of the molecule is CCCCNC(=O)[C@@H](Cc1ccccc1)N(Cc1cccc(Cl)c1)C(=O)CN(c1ccc(F)c(Cl)c1)S(=O)(=O)c1ccccc1. The van der Waals surface area contributed by atoms with Crippen LogP contribution in [-0.2, 0) is 32.6 Å². The molecule has 4 aromatic carbocycles. The highest BCUT2D eigenvalue weighted by atomic mass is 35.5. The summed E-state index contributed by atoms with van der Waals surface area (Å²) in [5.74, 6) is -1.76. The summed E-state index contributed by atoms with van der Waals surface area (Å²) in [6.07, 6.45) is 1.79. The molecule has 0 bridgehead atoms. The monoisotopic (exact) mass is 669 g/mol. The Balaban J connectivity index is 1.80. The van der Waals surface area contributed by atoms with Crippen molar-refractivity contribution < 1.29 is 22.4 Å². The van der Waals surface area contributed by atoms with Crippen molar-refractivity contribution in [1.82, 2.24) is 10.2 Å². The van der Waals surface area contributed by atoms with E-state index in [9.17, 15) is 22.4 Å². The Hall–Kier alpha value is -3.92. The summed E-state index contributed by atoms with van der Waals surface area (Å²) < 4.78 is 43.0. The second-order valence-corrected chi connectivity index (χ2v) is 13.1. The van der Waals surface area contributed by atoms with Gasteiger partial charge in [-0.15, -0.1) is 0 Å². The lowest BCUT2D eigenvalue weighted by atomic mass is 10.0. The van der Waals surface area contributed by atoms with Gasteiger partial charge in [0.05, 0.1) is 15.6 Å². The Morgan fingerprint density at radius 3 is 2.18 bits per heavy atom. The van der Waals surface area contributed by atoms with Gasteiger partial charge in [0, 0.05) is 24.5 Å². The maximum Gasteiger partial charge on any atom is 0.264 e. The van der Waals surface area contributed by atoms with Crippen LogP contribution in [0.25, 0.3) is 0 Å². The van der Waals surface area contributed by atoms with Gasteiger partial charge in [-0.1, -0.05) is 97.2 Å². The molecule has 0 saturated carbocycles. The number of benzene rings is 4. The van der Waals surface area contributed by atoms with Crippen LogP contribution in [0.4, 0.5) is 10.1 Å². The third-order valence-electron chi connectivity index (χ3n) is 7.14.